The lowest BCUT2D eigenvalue weighted by Gasteiger charge is -2.13. The van der Waals surface area contributed by atoms with E-state index in [0.29, 0.717) is 5.89 Å². The minimum Gasteiger partial charge on any atom is -0.441 e. The molecule has 0 aliphatic rings. The van der Waals surface area contributed by atoms with Crippen LogP contribution in [0.15, 0.2) is 22.6 Å². The van der Waals surface area contributed by atoms with Gasteiger partial charge < -0.3 is 9.73 Å². The molecule has 0 saturated heterocycles. The van der Waals surface area contributed by atoms with Crippen molar-refractivity contribution in [2.24, 2.45) is 5.92 Å². The van der Waals surface area contributed by atoms with E-state index >= 15 is 0 Å². The predicted octanol–water partition coefficient (Wildman–Crippen LogP) is 3.49. The molecular weight excluding hydrogens is 296 g/mol. The van der Waals surface area contributed by atoms with E-state index in [4.69, 9.17) is 4.42 Å². The van der Waals surface area contributed by atoms with Gasteiger partial charge in [0.05, 0.1) is 4.83 Å². The molecule has 1 heterocycles. The lowest BCUT2D eigenvalue weighted by Crippen LogP contribution is -2.26. The van der Waals surface area contributed by atoms with Crippen molar-refractivity contribution in [3.63, 3.8) is 0 Å². The fourth-order valence-electron chi connectivity index (χ4n) is 1.63. The normalized spacial score (nSPS) is 12.9. The van der Waals surface area contributed by atoms with Crippen molar-refractivity contribution in [3.05, 3.63) is 24.1 Å². The number of aromatic nitrogens is 1. The standard InChI is InChI=1S/C13H15BrN2O2/c1-7(2)12(14)13(17)16-9-4-5-11-10(6-9)15-8(3)18-11/h4-7,12H,1-3H3,(H,16,17). The lowest BCUT2D eigenvalue weighted by atomic mass is 10.1. The third kappa shape index (κ3) is 2.72. The molecule has 0 saturated carbocycles. The van der Waals surface area contributed by atoms with Gasteiger partial charge in [0.15, 0.2) is 11.5 Å². The maximum Gasteiger partial charge on any atom is 0.238 e. The molecule has 0 fully saturated rings. The predicted molar refractivity (Wildman–Crippen MR) is 74.9 cm³/mol. The van der Waals surface area contributed by atoms with Gasteiger partial charge in [-0.1, -0.05) is 29.8 Å². The summed E-state index contributed by atoms with van der Waals surface area (Å²) in [5, 5.41) is 2.86. The summed E-state index contributed by atoms with van der Waals surface area (Å²) < 4.78 is 5.38. The molecule has 5 heteroatoms. The van der Waals surface area contributed by atoms with Crippen LogP contribution >= 0.6 is 15.9 Å². The summed E-state index contributed by atoms with van der Waals surface area (Å²) >= 11 is 3.37. The molecule has 2 aromatic rings. The van der Waals surface area contributed by atoms with Crippen LogP contribution in [0.3, 0.4) is 0 Å². The second kappa shape index (κ2) is 5.10. The topological polar surface area (TPSA) is 55.1 Å². The van der Waals surface area contributed by atoms with Crippen LogP contribution in [0.5, 0.6) is 0 Å². The lowest BCUT2D eigenvalue weighted by molar-refractivity contribution is -0.116. The third-order valence-corrected chi connectivity index (χ3v) is 4.07. The van der Waals surface area contributed by atoms with Crippen LogP contribution in [0, 0.1) is 12.8 Å². The van der Waals surface area contributed by atoms with Gasteiger partial charge in [-0.3, -0.25) is 4.79 Å². The van der Waals surface area contributed by atoms with Crippen molar-refractivity contribution >= 4 is 38.6 Å². The summed E-state index contributed by atoms with van der Waals surface area (Å²) in [6.45, 7) is 5.78. The Morgan fingerprint density at radius 2 is 2.17 bits per heavy atom. The van der Waals surface area contributed by atoms with Crippen molar-refractivity contribution in [1.29, 1.82) is 0 Å². The number of hydrogen-bond acceptors (Lipinski definition) is 3. The molecule has 1 aromatic carbocycles. The Hall–Kier alpha value is -1.36. The monoisotopic (exact) mass is 310 g/mol. The molecule has 0 spiro atoms. The number of oxazole rings is 1. The number of alkyl halides is 1. The second-order valence-electron chi connectivity index (χ2n) is 4.55. The first-order valence-electron chi connectivity index (χ1n) is 5.79. The number of amides is 1. The zero-order valence-electron chi connectivity index (χ0n) is 10.5. The highest BCUT2D eigenvalue weighted by atomic mass is 79.9. The summed E-state index contributed by atoms with van der Waals surface area (Å²) in [4.78, 5) is 15.9. The largest absolute Gasteiger partial charge is 0.441 e. The number of hydrogen-bond donors (Lipinski definition) is 1. The molecule has 0 bridgehead atoms. The van der Waals surface area contributed by atoms with Gasteiger partial charge in [-0.25, -0.2) is 4.98 Å². The first-order chi connectivity index (χ1) is 8.47. The van der Waals surface area contributed by atoms with E-state index in [9.17, 15) is 4.79 Å². The maximum absolute atomic E-state index is 11.9. The minimum absolute atomic E-state index is 0.0513. The van der Waals surface area contributed by atoms with Gasteiger partial charge in [0.2, 0.25) is 5.91 Å². The van der Waals surface area contributed by atoms with Crippen molar-refractivity contribution < 1.29 is 9.21 Å². The number of carbonyl (C=O) groups excluding carboxylic acids is 1. The molecule has 0 aliphatic carbocycles. The number of aryl methyl sites for hydroxylation is 1. The number of carbonyl (C=O) groups is 1. The van der Waals surface area contributed by atoms with Gasteiger partial charge in [-0.2, -0.15) is 0 Å². The van der Waals surface area contributed by atoms with Crippen molar-refractivity contribution in [1.82, 2.24) is 4.98 Å². The average molecular weight is 311 g/mol. The Labute approximate surface area is 114 Å². The smallest absolute Gasteiger partial charge is 0.238 e. The Balaban J connectivity index is 2.19. The molecule has 1 atom stereocenters. The Bertz CT molecular complexity index is 577. The van der Waals surface area contributed by atoms with Gasteiger partial charge in [-0.15, -0.1) is 0 Å². The molecular formula is C13H15BrN2O2. The number of nitrogens with zero attached hydrogens (tertiary/aromatic N) is 1. The van der Waals surface area contributed by atoms with Gasteiger partial charge in [-0.05, 0) is 24.1 Å². The highest BCUT2D eigenvalue weighted by molar-refractivity contribution is 9.10. The number of fused-ring (bicyclic) bond motifs is 1. The average Bonchev–Trinajstić information content (AvgIpc) is 2.67. The molecule has 1 aromatic heterocycles. The molecule has 1 amide bonds. The summed E-state index contributed by atoms with van der Waals surface area (Å²) in [5.41, 5.74) is 2.21. The first-order valence-corrected chi connectivity index (χ1v) is 6.71. The van der Waals surface area contributed by atoms with E-state index in [2.05, 4.69) is 26.2 Å². The van der Waals surface area contributed by atoms with Gasteiger partial charge >= 0.3 is 0 Å². The van der Waals surface area contributed by atoms with Crippen LogP contribution in [0.2, 0.25) is 0 Å². The number of nitrogens with one attached hydrogen (secondary N) is 1. The van der Waals surface area contributed by atoms with Crippen LogP contribution in [0.4, 0.5) is 5.69 Å². The van der Waals surface area contributed by atoms with E-state index in [1.165, 1.54) is 0 Å². The van der Waals surface area contributed by atoms with Crippen LogP contribution in [0.25, 0.3) is 11.1 Å². The van der Waals surface area contributed by atoms with Crippen LogP contribution < -0.4 is 5.32 Å². The van der Waals surface area contributed by atoms with Crippen molar-refractivity contribution in [2.75, 3.05) is 5.32 Å². The summed E-state index contributed by atoms with van der Waals surface area (Å²) in [6, 6.07) is 5.43. The van der Waals surface area contributed by atoms with Crippen molar-refractivity contribution in [2.45, 2.75) is 25.6 Å². The first kappa shape index (κ1) is 13.1. The summed E-state index contributed by atoms with van der Waals surface area (Å²) in [7, 11) is 0. The minimum atomic E-state index is -0.202. The van der Waals surface area contributed by atoms with Crippen LogP contribution in [-0.2, 0) is 4.79 Å². The van der Waals surface area contributed by atoms with Gasteiger partial charge in [0.25, 0.3) is 0 Å². The number of halogens is 1. The highest BCUT2D eigenvalue weighted by Gasteiger charge is 2.18. The number of rotatable bonds is 3. The molecule has 4 nitrogen and oxygen atoms in total. The fraction of sp³-hybridized carbons (Fsp3) is 0.385. The van der Waals surface area contributed by atoms with Crippen molar-refractivity contribution in [3.8, 4) is 0 Å². The van der Waals surface area contributed by atoms with E-state index in [1.807, 2.05) is 32.0 Å². The molecule has 0 aliphatic heterocycles. The Morgan fingerprint density at radius 3 is 2.83 bits per heavy atom. The van der Waals surface area contributed by atoms with Crippen LogP contribution in [0.1, 0.15) is 19.7 Å². The molecule has 96 valence electrons. The van der Waals surface area contributed by atoms with Crippen LogP contribution in [-0.4, -0.2) is 15.7 Å². The summed E-state index contributed by atoms with van der Waals surface area (Å²) in [6.07, 6.45) is 0. The zero-order chi connectivity index (χ0) is 13.3. The Morgan fingerprint density at radius 1 is 1.44 bits per heavy atom. The number of benzene rings is 1. The maximum atomic E-state index is 11.9. The highest BCUT2D eigenvalue weighted by Crippen LogP contribution is 2.21. The summed E-state index contributed by atoms with van der Waals surface area (Å²) in [5.74, 6) is 0.807. The number of anilines is 1. The molecule has 0 radical (unpaired) electrons. The van der Waals surface area contributed by atoms with E-state index in [1.54, 1.807) is 6.92 Å². The zero-order valence-corrected chi connectivity index (χ0v) is 12.1. The molecule has 1 unspecified atom stereocenters. The molecule has 18 heavy (non-hydrogen) atoms. The fourth-order valence-corrected chi connectivity index (χ4v) is 1.75. The second-order valence-corrected chi connectivity index (χ2v) is 5.54. The van der Waals surface area contributed by atoms with E-state index in [0.717, 1.165) is 16.8 Å². The molecule has 1 N–H and O–H groups in total. The Kier molecular flexibility index (Phi) is 3.71. The molecule has 2 rings (SSSR count). The van der Waals surface area contributed by atoms with Gasteiger partial charge in [0.1, 0.15) is 5.52 Å². The van der Waals surface area contributed by atoms with E-state index < -0.39 is 0 Å². The van der Waals surface area contributed by atoms with E-state index in [-0.39, 0.29) is 16.7 Å². The quantitative estimate of drug-likeness (QED) is 0.883. The SMILES string of the molecule is Cc1nc2cc(NC(=O)C(Br)C(C)C)ccc2o1. The van der Waals surface area contributed by atoms with Gasteiger partial charge in [0, 0.05) is 12.6 Å². The third-order valence-electron chi connectivity index (χ3n) is 2.60.